The number of hydrogen-bond donors (Lipinski definition) is 1. The maximum absolute atomic E-state index is 14.1. The normalized spacial score (nSPS) is 12.0. The second-order valence-corrected chi connectivity index (χ2v) is 12.4. The van der Waals surface area contributed by atoms with Crippen LogP contribution in [0.15, 0.2) is 72.8 Å². The predicted molar refractivity (Wildman–Crippen MR) is 162 cm³/mol. The minimum atomic E-state index is -3.84. The Hall–Kier alpha value is -3.36. The third kappa shape index (κ3) is 8.83. The fourth-order valence-electron chi connectivity index (χ4n) is 4.44. The summed E-state index contributed by atoms with van der Waals surface area (Å²) in [5.41, 5.74) is 3.79. The Morgan fingerprint density at radius 2 is 1.62 bits per heavy atom. The highest BCUT2D eigenvalue weighted by Crippen LogP contribution is 2.26. The van der Waals surface area contributed by atoms with Gasteiger partial charge < -0.3 is 10.2 Å². The van der Waals surface area contributed by atoms with Gasteiger partial charge in [-0.15, -0.1) is 0 Å². The van der Waals surface area contributed by atoms with E-state index in [1.165, 1.54) is 4.90 Å². The van der Waals surface area contributed by atoms with Gasteiger partial charge in [-0.1, -0.05) is 85.1 Å². The zero-order chi connectivity index (χ0) is 29.3. The van der Waals surface area contributed by atoms with Gasteiger partial charge in [0.1, 0.15) is 12.6 Å². The van der Waals surface area contributed by atoms with Crippen molar-refractivity contribution in [2.75, 3.05) is 23.7 Å². The number of amides is 2. The Labute approximate surface area is 243 Å². The molecule has 0 bridgehead atoms. The van der Waals surface area contributed by atoms with Crippen molar-refractivity contribution in [2.45, 2.75) is 52.6 Å². The van der Waals surface area contributed by atoms with E-state index in [0.717, 1.165) is 40.1 Å². The van der Waals surface area contributed by atoms with Crippen LogP contribution in [-0.4, -0.2) is 50.5 Å². The van der Waals surface area contributed by atoms with Gasteiger partial charge in [0.2, 0.25) is 21.8 Å². The Kier molecular flexibility index (Phi) is 11.2. The zero-order valence-electron chi connectivity index (χ0n) is 23.6. The van der Waals surface area contributed by atoms with Crippen LogP contribution in [0.2, 0.25) is 5.02 Å². The summed E-state index contributed by atoms with van der Waals surface area (Å²) in [5.74, 6) is -0.752. The lowest BCUT2D eigenvalue weighted by Gasteiger charge is -2.34. The molecule has 9 heteroatoms. The maximum Gasteiger partial charge on any atom is 0.244 e. The number of aryl methyl sites for hydroxylation is 2. The topological polar surface area (TPSA) is 86.8 Å². The monoisotopic (exact) mass is 583 g/mol. The highest BCUT2D eigenvalue weighted by molar-refractivity contribution is 7.92. The van der Waals surface area contributed by atoms with Crippen molar-refractivity contribution >= 4 is 39.1 Å². The maximum atomic E-state index is 14.1. The van der Waals surface area contributed by atoms with Gasteiger partial charge >= 0.3 is 0 Å². The summed E-state index contributed by atoms with van der Waals surface area (Å²) in [7, 11) is -3.84. The van der Waals surface area contributed by atoms with Crippen molar-refractivity contribution in [1.29, 1.82) is 0 Å². The summed E-state index contributed by atoms with van der Waals surface area (Å²) >= 11 is 6.11. The molecule has 1 atom stereocenters. The van der Waals surface area contributed by atoms with Crippen LogP contribution in [0.1, 0.15) is 42.0 Å². The lowest BCUT2D eigenvalue weighted by molar-refractivity contribution is -0.140. The number of carbonyl (C=O) groups is 2. The molecule has 0 aromatic heterocycles. The molecule has 0 saturated heterocycles. The number of benzene rings is 3. The minimum absolute atomic E-state index is 0.148. The van der Waals surface area contributed by atoms with Gasteiger partial charge in [-0.2, -0.15) is 0 Å². The fraction of sp³-hybridized carbons (Fsp3) is 0.355. The summed E-state index contributed by atoms with van der Waals surface area (Å²) in [6, 6.07) is 21.2. The predicted octanol–water partition coefficient (Wildman–Crippen LogP) is 5.28. The van der Waals surface area contributed by atoms with Crippen molar-refractivity contribution in [2.24, 2.45) is 0 Å². The molecular formula is C31H38ClN3O4S. The van der Waals surface area contributed by atoms with Gasteiger partial charge in [0, 0.05) is 24.5 Å². The van der Waals surface area contributed by atoms with Gasteiger partial charge in [-0.25, -0.2) is 8.42 Å². The molecule has 0 aliphatic rings. The largest absolute Gasteiger partial charge is 0.354 e. The van der Waals surface area contributed by atoms with E-state index >= 15 is 0 Å². The molecule has 0 radical (unpaired) electrons. The summed E-state index contributed by atoms with van der Waals surface area (Å²) in [5, 5.41) is 3.45. The Morgan fingerprint density at radius 1 is 0.950 bits per heavy atom. The first kappa shape index (κ1) is 31.2. The van der Waals surface area contributed by atoms with E-state index in [1.54, 1.807) is 25.1 Å². The average Bonchev–Trinajstić information content (AvgIpc) is 2.90. The van der Waals surface area contributed by atoms with E-state index in [9.17, 15) is 18.0 Å². The van der Waals surface area contributed by atoms with E-state index in [0.29, 0.717) is 22.8 Å². The van der Waals surface area contributed by atoms with E-state index in [1.807, 2.05) is 68.4 Å². The molecule has 0 saturated carbocycles. The van der Waals surface area contributed by atoms with Crippen molar-refractivity contribution in [1.82, 2.24) is 10.2 Å². The molecule has 3 aromatic carbocycles. The number of hydrogen-bond acceptors (Lipinski definition) is 4. The number of nitrogens with zero attached hydrogens (tertiary/aromatic N) is 2. The molecule has 0 spiro atoms. The van der Waals surface area contributed by atoms with Crippen molar-refractivity contribution < 1.29 is 18.0 Å². The lowest BCUT2D eigenvalue weighted by atomic mass is 10.0. The van der Waals surface area contributed by atoms with E-state index in [4.69, 9.17) is 11.6 Å². The van der Waals surface area contributed by atoms with Crippen LogP contribution in [0.3, 0.4) is 0 Å². The third-order valence-electron chi connectivity index (χ3n) is 6.68. The lowest BCUT2D eigenvalue weighted by Crippen LogP contribution is -2.53. The first-order chi connectivity index (χ1) is 19.0. The number of sulfonamides is 1. The molecule has 0 aliphatic carbocycles. The molecule has 214 valence electrons. The number of unbranched alkanes of at least 4 members (excludes halogenated alkanes) is 1. The number of halogens is 1. The molecular weight excluding hydrogens is 546 g/mol. The summed E-state index contributed by atoms with van der Waals surface area (Å²) in [6.45, 7) is 5.94. The van der Waals surface area contributed by atoms with Crippen LogP contribution >= 0.6 is 11.6 Å². The highest BCUT2D eigenvalue weighted by Gasteiger charge is 2.33. The highest BCUT2D eigenvalue weighted by atomic mass is 35.5. The van der Waals surface area contributed by atoms with Crippen molar-refractivity contribution in [3.8, 4) is 0 Å². The number of anilines is 1. The van der Waals surface area contributed by atoms with E-state index < -0.39 is 28.5 Å². The Morgan fingerprint density at radius 3 is 2.23 bits per heavy atom. The van der Waals surface area contributed by atoms with Gasteiger partial charge in [-0.3, -0.25) is 13.9 Å². The Balaban J connectivity index is 2.04. The number of carbonyl (C=O) groups excluding carboxylic acids is 2. The van der Waals surface area contributed by atoms with Gasteiger partial charge in [0.15, 0.2) is 0 Å². The van der Waals surface area contributed by atoms with E-state index in [-0.39, 0.29) is 18.9 Å². The Bertz CT molecular complexity index is 1400. The van der Waals surface area contributed by atoms with Gasteiger partial charge in [0.05, 0.1) is 11.9 Å². The molecule has 0 aliphatic heterocycles. The third-order valence-corrected chi connectivity index (χ3v) is 8.04. The summed E-state index contributed by atoms with van der Waals surface area (Å²) in [6.07, 6.45) is 3.08. The van der Waals surface area contributed by atoms with Crippen LogP contribution in [0.25, 0.3) is 0 Å². The van der Waals surface area contributed by atoms with Crippen LogP contribution in [0.5, 0.6) is 0 Å². The van der Waals surface area contributed by atoms with Gasteiger partial charge in [0.25, 0.3) is 0 Å². The molecule has 1 N–H and O–H groups in total. The van der Waals surface area contributed by atoms with Crippen LogP contribution in [-0.2, 0) is 32.6 Å². The fourth-order valence-corrected chi connectivity index (χ4v) is 5.58. The molecule has 0 heterocycles. The quantitative estimate of drug-likeness (QED) is 0.277. The SMILES string of the molecule is CCCCNC(=O)[C@H](Cc1ccccc1)N(Cc1ccc(C)cc1)C(=O)CN(c1ccc(Cl)cc1C)S(C)(=O)=O. The van der Waals surface area contributed by atoms with Crippen LogP contribution < -0.4 is 9.62 Å². The van der Waals surface area contributed by atoms with Crippen LogP contribution in [0.4, 0.5) is 5.69 Å². The molecule has 3 rings (SSSR count). The average molecular weight is 584 g/mol. The molecule has 0 unspecified atom stereocenters. The minimum Gasteiger partial charge on any atom is -0.354 e. The van der Waals surface area contributed by atoms with Crippen molar-refractivity contribution in [3.63, 3.8) is 0 Å². The van der Waals surface area contributed by atoms with Crippen molar-refractivity contribution in [3.05, 3.63) is 100 Å². The second-order valence-electron chi connectivity index (χ2n) is 10.1. The van der Waals surface area contributed by atoms with E-state index in [2.05, 4.69) is 5.32 Å². The molecule has 40 heavy (non-hydrogen) atoms. The summed E-state index contributed by atoms with van der Waals surface area (Å²) in [4.78, 5) is 29.2. The number of nitrogens with one attached hydrogen (secondary N) is 1. The first-order valence-corrected chi connectivity index (χ1v) is 15.6. The summed E-state index contributed by atoms with van der Waals surface area (Å²) < 4.78 is 27.0. The van der Waals surface area contributed by atoms with Gasteiger partial charge in [-0.05, 0) is 55.2 Å². The second kappa shape index (κ2) is 14.3. The number of rotatable bonds is 13. The molecule has 3 aromatic rings. The molecule has 0 fully saturated rings. The molecule has 7 nitrogen and oxygen atoms in total. The smallest absolute Gasteiger partial charge is 0.244 e. The zero-order valence-corrected chi connectivity index (χ0v) is 25.1. The first-order valence-electron chi connectivity index (χ1n) is 13.4. The standard InChI is InChI=1S/C31H38ClN3O4S/c1-5-6-18-33-31(37)29(20-25-10-8-7-9-11-25)34(21-26-14-12-23(2)13-15-26)30(36)22-35(40(4,38)39)28-17-16-27(32)19-24(28)3/h7-17,19,29H,5-6,18,20-22H2,1-4H3,(H,33,37)/t29-/m0/s1. The van der Waals surface area contributed by atoms with Crippen LogP contribution in [0, 0.1) is 13.8 Å². The molecule has 2 amide bonds.